The van der Waals surface area contributed by atoms with E-state index in [4.69, 9.17) is 42.0 Å². The van der Waals surface area contributed by atoms with Gasteiger partial charge in [0.15, 0.2) is 0 Å². The number of unbranched alkanes of at least 4 members (excludes halogenated alkanes) is 3. The van der Waals surface area contributed by atoms with Crippen LogP contribution in [0.2, 0.25) is 0 Å². The fourth-order valence-corrected chi connectivity index (χ4v) is 9.30. The Balaban J connectivity index is 1.55. The lowest BCUT2D eigenvalue weighted by Crippen LogP contribution is -2.57. The van der Waals surface area contributed by atoms with Crippen LogP contribution in [-0.4, -0.2) is 73.2 Å². The monoisotopic (exact) mass is 1020 g/mol. The van der Waals surface area contributed by atoms with E-state index in [0.29, 0.717) is 59.5 Å². The maximum atomic E-state index is 14.4. The molecule has 0 bridgehead atoms. The first-order valence-electron chi connectivity index (χ1n) is 24.5. The first kappa shape index (κ1) is 58.6. The van der Waals surface area contributed by atoms with Crippen LogP contribution in [-0.2, 0) is 42.0 Å². The number of rotatable bonds is 36. The molecule has 9 atom stereocenters. The maximum absolute atomic E-state index is 14.4. The molecule has 1 aromatic heterocycles. The summed E-state index contributed by atoms with van der Waals surface area (Å²) < 4.78 is 56.7. The van der Waals surface area contributed by atoms with Gasteiger partial charge in [0, 0.05) is 46.2 Å². The van der Waals surface area contributed by atoms with Gasteiger partial charge >= 0.3 is 17.1 Å². The summed E-state index contributed by atoms with van der Waals surface area (Å²) in [5.41, 5.74) is 0.273. The van der Waals surface area contributed by atoms with Gasteiger partial charge in [-0.25, -0.2) is 28.1 Å². The third-order valence-electron chi connectivity index (χ3n) is 11.2. The number of aromatic nitrogens is 3. The van der Waals surface area contributed by atoms with Crippen LogP contribution < -0.4 is 33.0 Å². The average Bonchev–Trinajstić information content (AvgIpc) is 3.35. The van der Waals surface area contributed by atoms with Crippen molar-refractivity contribution in [1.29, 1.82) is 0 Å². The first-order chi connectivity index (χ1) is 33.4. The van der Waals surface area contributed by atoms with E-state index < -0.39 is 35.8 Å². The zero-order chi connectivity index (χ0) is 50.0. The lowest BCUT2D eigenvalue weighted by atomic mass is 10.1. The molecule has 0 amide bonds. The van der Waals surface area contributed by atoms with Gasteiger partial charge in [0.2, 0.25) is 0 Å². The van der Waals surface area contributed by atoms with Crippen molar-refractivity contribution < 1.29 is 42.0 Å². The Bertz CT molecular complexity index is 1980. The van der Waals surface area contributed by atoms with Crippen LogP contribution in [0.3, 0.4) is 0 Å². The van der Waals surface area contributed by atoms with Gasteiger partial charge in [-0.15, -0.1) is 0 Å². The summed E-state index contributed by atoms with van der Waals surface area (Å²) >= 11 is 0. The molecule has 3 aromatic carbocycles. The molecule has 1 heterocycles. The van der Waals surface area contributed by atoms with Crippen LogP contribution in [0.5, 0.6) is 0 Å². The topological polar surface area (TPSA) is 149 Å². The fourth-order valence-electron chi connectivity index (χ4n) is 6.90. The molecular weight excluding hydrogens is 939 g/mol. The molecule has 18 heteroatoms. The molecule has 0 spiro atoms. The minimum Gasteiger partial charge on any atom is -0.379 e. The highest BCUT2D eigenvalue weighted by atomic mass is 31.1. The summed E-state index contributed by atoms with van der Waals surface area (Å²) in [6, 6.07) is 23.4. The molecule has 384 valence electrons. The minimum absolute atomic E-state index is 0.191. The van der Waals surface area contributed by atoms with Crippen LogP contribution in [0, 0.1) is 0 Å². The minimum atomic E-state index is -1.08. The van der Waals surface area contributed by atoms with Gasteiger partial charge in [0.25, 0.3) is 0 Å². The van der Waals surface area contributed by atoms with Crippen molar-refractivity contribution >= 4 is 42.3 Å². The molecule has 0 saturated carbocycles. The Kier molecular flexibility index (Phi) is 27.9. The fraction of sp³-hybridized carbons (Fsp3) is 0.588. The van der Waals surface area contributed by atoms with Crippen LogP contribution in [0.4, 0.5) is 0 Å². The van der Waals surface area contributed by atoms with Crippen molar-refractivity contribution in [3.8, 4) is 0 Å². The summed E-state index contributed by atoms with van der Waals surface area (Å²) in [4.78, 5) is 43.2. The number of hydrogen-bond donors (Lipinski definition) is 0. The lowest BCUT2D eigenvalue weighted by Gasteiger charge is -2.24. The Labute approximate surface area is 414 Å². The zero-order valence-corrected chi connectivity index (χ0v) is 45.2. The van der Waals surface area contributed by atoms with E-state index in [1.807, 2.05) is 93.6 Å². The van der Waals surface area contributed by atoms with E-state index in [-0.39, 0.29) is 44.7 Å². The van der Waals surface area contributed by atoms with Crippen molar-refractivity contribution in [3.05, 3.63) is 121 Å². The molecule has 0 aliphatic carbocycles. The molecule has 0 fully saturated rings. The molecule has 0 N–H and O–H groups in total. The molecule has 9 unspecified atom stereocenters. The van der Waals surface area contributed by atoms with E-state index in [1.165, 1.54) is 0 Å². The molecule has 0 aliphatic rings. The van der Waals surface area contributed by atoms with Gasteiger partial charge in [-0.1, -0.05) is 94.6 Å². The molecule has 0 saturated heterocycles. The van der Waals surface area contributed by atoms with Gasteiger partial charge in [0.1, 0.15) is 18.7 Å². The van der Waals surface area contributed by atoms with Crippen molar-refractivity contribution in [2.75, 3.05) is 59.5 Å². The number of hydrogen-bond acceptors (Lipinski definition) is 12. The summed E-state index contributed by atoms with van der Waals surface area (Å²) in [7, 11) is -0.725. The normalized spacial score (nSPS) is 14.9. The molecule has 0 radical (unpaired) electrons. The van der Waals surface area contributed by atoms with Crippen LogP contribution >= 0.6 is 26.4 Å². The molecule has 4 aromatic rings. The molecule has 69 heavy (non-hydrogen) atoms. The third kappa shape index (κ3) is 19.9. The lowest BCUT2D eigenvalue weighted by molar-refractivity contribution is 0.0109. The highest BCUT2D eigenvalue weighted by Crippen LogP contribution is 2.27. The quantitative estimate of drug-likeness (QED) is 0.0316. The van der Waals surface area contributed by atoms with Gasteiger partial charge < -0.3 is 42.0 Å². The van der Waals surface area contributed by atoms with Gasteiger partial charge in [-0.05, 0) is 112 Å². The molecule has 4 rings (SSSR count). The number of benzene rings is 3. The predicted molar refractivity (Wildman–Crippen MR) is 280 cm³/mol. The summed E-state index contributed by atoms with van der Waals surface area (Å²) in [6.45, 7) is 22.3. The van der Waals surface area contributed by atoms with Crippen molar-refractivity contribution in [3.63, 3.8) is 0 Å². The summed E-state index contributed by atoms with van der Waals surface area (Å²) in [6.07, 6.45) is 2.48. The maximum Gasteiger partial charge on any atom is 0.340 e. The first-order valence-corrected chi connectivity index (χ1v) is 27.2. The highest BCUT2D eigenvalue weighted by molar-refractivity contribution is 7.42. The Morgan fingerprint density at radius 3 is 0.942 bits per heavy atom. The second-order valence-electron chi connectivity index (χ2n) is 16.7. The molecule has 15 nitrogen and oxygen atoms in total. The zero-order valence-electron chi connectivity index (χ0n) is 42.2. The van der Waals surface area contributed by atoms with Crippen LogP contribution in [0.15, 0.2) is 87.2 Å². The number of ether oxygens (including phenoxy) is 6. The van der Waals surface area contributed by atoms with E-state index in [1.54, 1.807) is 20.8 Å². The second kappa shape index (κ2) is 32.9. The third-order valence-corrected chi connectivity index (χ3v) is 14.2. The summed E-state index contributed by atoms with van der Waals surface area (Å²) in [5.74, 6) is 0. The highest BCUT2D eigenvalue weighted by Gasteiger charge is 2.26. The van der Waals surface area contributed by atoms with Crippen LogP contribution in [0.25, 0.3) is 0 Å². The summed E-state index contributed by atoms with van der Waals surface area (Å²) in [5, 5.41) is 2.53. The average molecular weight is 1020 g/mol. The van der Waals surface area contributed by atoms with Gasteiger partial charge in [0.05, 0.1) is 58.0 Å². The van der Waals surface area contributed by atoms with Crippen molar-refractivity contribution in [2.24, 2.45) is 0 Å². The van der Waals surface area contributed by atoms with E-state index in [0.717, 1.165) is 84.8 Å². The molecular formula is C51H78N3O12P3. The Morgan fingerprint density at radius 1 is 0.406 bits per heavy atom. The van der Waals surface area contributed by atoms with Crippen LogP contribution in [0.1, 0.15) is 155 Å². The SMILES string of the molecule is CCCCOCCOC(C)c1cccc(POC(C)n2c(=O)n(C(C)OPc3cccc(C(C)OCCOCCCC)c3)c(=O)n(C(C)OPc3cccc(C(C)OCCOCCCC)c3)c2=O)c1. The number of nitrogens with zero attached hydrogens (tertiary/aromatic N) is 3. The second-order valence-corrected chi connectivity index (χ2v) is 19.8. The van der Waals surface area contributed by atoms with E-state index in [2.05, 4.69) is 20.8 Å². The largest absolute Gasteiger partial charge is 0.379 e. The van der Waals surface area contributed by atoms with E-state index in [9.17, 15) is 14.4 Å². The van der Waals surface area contributed by atoms with E-state index >= 15 is 0 Å². The smallest absolute Gasteiger partial charge is 0.340 e. The Hall–Kier alpha value is -3.00. The predicted octanol–water partition coefficient (Wildman–Crippen LogP) is 9.22. The van der Waals surface area contributed by atoms with Crippen molar-refractivity contribution in [1.82, 2.24) is 13.7 Å². The van der Waals surface area contributed by atoms with Gasteiger partial charge in [-0.3, -0.25) is 0 Å². The standard InChI is InChI=1S/C51H78N3O12P3/c1-10-13-25-58-28-31-61-37(4)43-19-16-22-46(34-43)67-64-40(7)52-49(55)53(41(8)65-68-47-23-17-20-44(35-47)38(5)62-32-29-59-26-14-11-2)51(57)54(50(52)56)42(9)66-69-48-24-18-21-45(36-48)39(6)63-33-30-60-27-15-12-3/h16-24,34-42,67-69H,10-15,25-33H2,1-9H3. The van der Waals surface area contributed by atoms with Crippen molar-refractivity contribution in [2.45, 2.75) is 138 Å². The van der Waals surface area contributed by atoms with Gasteiger partial charge in [-0.2, -0.15) is 0 Å². The Morgan fingerprint density at radius 2 is 0.681 bits per heavy atom. The molecule has 0 aliphatic heterocycles.